The van der Waals surface area contributed by atoms with Gasteiger partial charge in [-0.2, -0.15) is 0 Å². The number of aliphatic hydroxyl groups excluding tert-OH is 6. The van der Waals surface area contributed by atoms with Crippen molar-refractivity contribution < 1.29 is 127 Å². The molecule has 7 amide bonds. The molecule has 126 heavy (non-hydrogen) atoms. The van der Waals surface area contributed by atoms with Gasteiger partial charge in [0.2, 0.25) is 53.4 Å². The summed E-state index contributed by atoms with van der Waals surface area (Å²) in [5.41, 5.74) is 2.28. The second-order valence-electron chi connectivity index (χ2n) is 32.9. The van der Waals surface area contributed by atoms with Crippen LogP contribution in [0.4, 0.5) is 0 Å². The van der Waals surface area contributed by atoms with Crippen molar-refractivity contribution in [2.24, 2.45) is 11.7 Å². The Bertz CT molecular complexity index is 5220. The zero-order valence-electron chi connectivity index (χ0n) is 69.0. The van der Waals surface area contributed by atoms with E-state index in [1.807, 2.05) is 13.8 Å². The van der Waals surface area contributed by atoms with Gasteiger partial charge in [0.05, 0.1) is 48.5 Å². The van der Waals surface area contributed by atoms with Gasteiger partial charge in [0.25, 0.3) is 0 Å². The number of nitrogens with one attached hydrogen (secondary N) is 9. The fourth-order valence-electron chi connectivity index (χ4n) is 16.3. The molecule has 11 bridgehead atoms. The Hall–Kier alpha value is -10.6. The molecule has 39 heteroatoms. The molecule has 22 atom stereocenters. The van der Waals surface area contributed by atoms with Crippen LogP contribution in [0.15, 0.2) is 133 Å². The lowest BCUT2D eigenvalue weighted by Crippen LogP contribution is -2.65. The summed E-state index contributed by atoms with van der Waals surface area (Å²) < 4.78 is 53.4. The highest BCUT2D eigenvalue weighted by Gasteiger charge is 2.53. The number of hydrogen-bond donors (Lipinski definition) is 20. The van der Waals surface area contributed by atoms with Crippen molar-refractivity contribution in [1.29, 1.82) is 0 Å². The van der Waals surface area contributed by atoms with E-state index in [9.17, 15) is 65.4 Å². The van der Waals surface area contributed by atoms with Gasteiger partial charge in [-0.15, -0.1) is 0 Å². The zero-order valence-corrected chi connectivity index (χ0v) is 71.3. The number of primary amides is 1. The molecule has 3 fully saturated rings. The zero-order chi connectivity index (χ0) is 90.8. The molecule has 0 aliphatic carbocycles. The third kappa shape index (κ3) is 20.7. The highest BCUT2D eigenvalue weighted by atomic mass is 35.5. The quantitative estimate of drug-likeness (QED) is 0.0465. The van der Waals surface area contributed by atoms with E-state index in [2.05, 4.69) is 47.9 Å². The maximum Gasteiger partial charge on any atom is 0.330 e. The van der Waals surface area contributed by atoms with Crippen molar-refractivity contribution in [3.63, 3.8) is 0 Å². The van der Waals surface area contributed by atoms with Crippen LogP contribution in [0.1, 0.15) is 137 Å². The van der Waals surface area contributed by atoms with Gasteiger partial charge in [-0.3, -0.25) is 33.6 Å². The number of likely N-dealkylation sites (N-methyl/N-ethyl adjacent to an activating group) is 1. The third-order valence-electron chi connectivity index (χ3n) is 23.2. The molecule has 15 rings (SSSR count). The summed E-state index contributed by atoms with van der Waals surface area (Å²) in [4.78, 5) is 121. The number of aliphatic hydroxyl groups is 6. The summed E-state index contributed by atoms with van der Waals surface area (Å²) in [5.74, 6) is -15.5. The van der Waals surface area contributed by atoms with Crippen LogP contribution in [-0.2, 0) is 75.1 Å². The molecule has 674 valence electrons. The average molecular weight is 1810 g/mol. The van der Waals surface area contributed by atoms with Crippen LogP contribution in [0, 0.1) is 5.92 Å². The first kappa shape index (κ1) is 93.1. The number of carboxylic acids is 1. The van der Waals surface area contributed by atoms with Gasteiger partial charge < -0.3 is 143 Å². The Labute approximate surface area is 737 Å². The van der Waals surface area contributed by atoms with Gasteiger partial charge in [-0.1, -0.05) is 97.2 Å². The van der Waals surface area contributed by atoms with E-state index >= 15 is 24.0 Å². The van der Waals surface area contributed by atoms with Crippen molar-refractivity contribution in [3.8, 4) is 57.1 Å². The van der Waals surface area contributed by atoms with Gasteiger partial charge in [0.15, 0.2) is 36.2 Å². The van der Waals surface area contributed by atoms with Crippen LogP contribution >= 0.6 is 34.8 Å². The molecule has 8 aliphatic rings. The number of aromatic hydroxyl groups is 3. The molecule has 3 saturated heterocycles. The fourth-order valence-corrected chi connectivity index (χ4v) is 16.8. The minimum absolute atomic E-state index is 0.0375. The lowest BCUT2D eigenvalue weighted by Gasteiger charge is -2.48. The van der Waals surface area contributed by atoms with Crippen LogP contribution < -0.4 is 67.8 Å². The lowest BCUT2D eigenvalue weighted by molar-refractivity contribution is -0.334. The molecule has 0 unspecified atom stereocenters. The Morgan fingerprint density at radius 1 is 0.611 bits per heavy atom. The number of carboxylic acid groups (broad SMARTS) is 1. The fraction of sp³-hybridized carbons (Fsp3) is 0.425. The molecular weight excluding hydrogens is 1710 g/mol. The predicted octanol–water partition coefficient (Wildman–Crippen LogP) is 4.66. The smallest absolute Gasteiger partial charge is 0.330 e. The molecule has 0 aromatic heterocycles. The minimum atomic E-state index is -2.37. The molecule has 21 N–H and O–H groups in total. The van der Waals surface area contributed by atoms with Gasteiger partial charge >= 0.3 is 5.97 Å². The van der Waals surface area contributed by atoms with Crippen molar-refractivity contribution in [2.45, 2.75) is 214 Å². The Morgan fingerprint density at radius 3 is 1.76 bits per heavy atom. The number of ether oxygens (including phenoxy) is 8. The molecule has 36 nitrogen and oxygen atoms in total. The Morgan fingerprint density at radius 2 is 1.18 bits per heavy atom. The molecule has 8 heterocycles. The first-order valence-corrected chi connectivity index (χ1v) is 41.7. The molecule has 0 radical (unpaired) electrons. The van der Waals surface area contributed by atoms with Crippen molar-refractivity contribution >= 4 is 82.1 Å². The van der Waals surface area contributed by atoms with Gasteiger partial charge in [-0.25, -0.2) is 4.79 Å². The number of rotatable bonds is 21. The number of nitrogens with two attached hydrogens (primary N) is 1. The number of hydrogen-bond acceptors (Lipinski definition) is 28. The minimum Gasteiger partial charge on any atom is -0.508 e. The Balaban J connectivity index is 1.03. The molecule has 7 aromatic carbocycles. The van der Waals surface area contributed by atoms with Crippen LogP contribution in [0.3, 0.4) is 0 Å². The highest BCUT2D eigenvalue weighted by molar-refractivity contribution is 6.32. The van der Waals surface area contributed by atoms with Crippen molar-refractivity contribution in [1.82, 2.24) is 47.9 Å². The van der Waals surface area contributed by atoms with E-state index in [0.29, 0.717) is 10.0 Å². The number of benzene rings is 7. The summed E-state index contributed by atoms with van der Waals surface area (Å²) in [6.45, 7) is 9.52. The number of phenols is 3. The summed E-state index contributed by atoms with van der Waals surface area (Å²) >= 11 is 19.7. The van der Waals surface area contributed by atoms with E-state index < -0.39 is 250 Å². The number of phenolic OH excluding ortho intramolecular Hbond substituents is 3. The van der Waals surface area contributed by atoms with Gasteiger partial charge in [-0.05, 0) is 159 Å². The molecular formula is C87H99Cl3N10O26. The maximum atomic E-state index is 16.6. The summed E-state index contributed by atoms with van der Waals surface area (Å²) in [5, 5.41) is 143. The average Bonchev–Trinajstić information content (AvgIpc) is 0.767. The van der Waals surface area contributed by atoms with E-state index in [4.69, 9.17) is 78.4 Å². The first-order valence-electron chi connectivity index (χ1n) is 40.6. The van der Waals surface area contributed by atoms with Crippen molar-refractivity contribution in [3.05, 3.63) is 187 Å². The molecule has 0 spiro atoms. The lowest BCUT2D eigenvalue weighted by atomic mass is 9.84. The number of fused-ring (bicyclic) bond motifs is 15. The molecule has 8 aliphatic heterocycles. The van der Waals surface area contributed by atoms with E-state index in [-0.39, 0.29) is 71.5 Å². The van der Waals surface area contributed by atoms with Crippen LogP contribution in [0.2, 0.25) is 15.1 Å². The largest absolute Gasteiger partial charge is 0.508 e. The number of carbonyl (C=O) groups excluding carboxylic acids is 7. The van der Waals surface area contributed by atoms with E-state index in [1.54, 1.807) is 76.2 Å². The molecule has 0 saturated carbocycles. The third-order valence-corrected chi connectivity index (χ3v) is 24.0. The van der Waals surface area contributed by atoms with E-state index in [0.717, 1.165) is 59.7 Å². The SMILES string of the molecule is CN[C@H](CC(C)C)C(=O)N[C@H]1C(=O)N[C@@H](CC(N)=O)C(=O)N[C@H]2C(=O)N[C@H]3C(=O)N[C@H](C(=O)N[C@H](C(=O)O)c4cc(O)cc(O)c4-c4cc3ccc4O)[C@H](O[C@H]3C[C@](C)(NCc4ccc(Cl)cc4)[C@@H](O)[C@H](C)O3)c3ccc(cc3)Oc3cc2cc(c3O[C@@H]2O[C@H](CO)[C@@H](O)[C@H](O)[C@H]2O[C@H]2C[C@](C)(NCc3ccc(Cl)cc3)[C@@H](O)[C@H](C)O2)Oc2ccc(cc2Cl)[C@H]1O. The monoisotopic (exact) mass is 1800 g/mol. The van der Waals surface area contributed by atoms with E-state index in [1.165, 1.54) is 43.4 Å². The van der Waals surface area contributed by atoms with Gasteiger partial charge in [0, 0.05) is 69.8 Å². The van der Waals surface area contributed by atoms with Gasteiger partial charge in [0.1, 0.15) is 89.5 Å². The highest BCUT2D eigenvalue weighted by Crippen LogP contribution is 2.50. The van der Waals surface area contributed by atoms with Crippen LogP contribution in [-0.4, -0.2) is 215 Å². The number of amides is 7. The normalized spacial score (nSPS) is 29.6. The summed E-state index contributed by atoms with van der Waals surface area (Å²) in [6, 6.07) is 15.4. The van der Waals surface area contributed by atoms with Crippen molar-refractivity contribution in [2.75, 3.05) is 13.7 Å². The van der Waals surface area contributed by atoms with Crippen LogP contribution in [0.5, 0.6) is 46.0 Å². The topological polar surface area (TPSA) is 547 Å². The molecule has 7 aromatic rings. The van der Waals surface area contributed by atoms with Crippen LogP contribution in [0.25, 0.3) is 11.1 Å². The standard InChI is InChI=1S/C87H99Cl3N10O26/c1-37(2)24-53(92-7)78(111)99-68-70(106)44-15-23-57(52(90)26-44)122-59-28-45-27-58(74(59)126-85-75(72(108)71(107)60(36-101)123-85)125-63-33-87(6,77(110)39(4)120-63)94-35-41-10-18-47(89)19-11-41)121-49-20-12-42(13-21-49)73(124-62-32-86(5,76(109)38(3)119-62)93-34-40-8-16-46(88)17-9-40)69-83(116)98-67(84(117)118)51-29-48(102)30-56(104)64(51)50-25-43(14-22-55(50)103)65(80(113)100-69)97-81(114)66(45)96-79(112)54(31-61(91)105)95-82(68)115/h8-23,25-30,37-39,53-54,60,62-63,65-73,75-77,85,92-94,101-104,106-110H,24,31-36H2,1-7H3,(H2,91,105)(H,95,115)(H,96,112)(H,97,114)(H,98,116)(H,99,111)(H,100,113)(H,117,118)/t38-,39-,53+,54-,60+,62-,63-,65+,66+,67-,68+,69-,70+,71+,72-,73+,75+,76-,77-,85-,86-,87-/m0/s1. The first-order chi connectivity index (χ1) is 59.8. The summed E-state index contributed by atoms with van der Waals surface area (Å²) in [7, 11) is 1.48. The predicted molar refractivity (Wildman–Crippen MR) is 449 cm³/mol. The maximum absolute atomic E-state index is 16.6. The number of halogens is 3. The second kappa shape index (κ2) is 38.9. The second-order valence-corrected chi connectivity index (χ2v) is 34.2. The summed E-state index contributed by atoms with van der Waals surface area (Å²) in [6.07, 6.45) is -22.4. The Kier molecular flexibility index (Phi) is 28.8. The number of aliphatic carboxylic acids is 1. The number of carbonyl (C=O) groups is 8.